The van der Waals surface area contributed by atoms with E-state index in [1.165, 1.54) is 18.3 Å². The highest BCUT2D eigenvalue weighted by atomic mass is 19.1. The Morgan fingerprint density at radius 3 is 2.36 bits per heavy atom. The molecule has 28 heavy (non-hydrogen) atoms. The van der Waals surface area contributed by atoms with Gasteiger partial charge in [0, 0.05) is 31.4 Å². The highest BCUT2D eigenvalue weighted by Gasteiger charge is 2.19. The zero-order valence-electron chi connectivity index (χ0n) is 15.7. The number of nitrogens with zero attached hydrogens (tertiary/aromatic N) is 3. The summed E-state index contributed by atoms with van der Waals surface area (Å²) in [6.45, 7) is 4.25. The molecule has 0 bridgehead atoms. The Bertz CT molecular complexity index is 946. The second-order valence-electron chi connectivity index (χ2n) is 6.56. The Labute approximate surface area is 162 Å². The van der Waals surface area contributed by atoms with Crippen molar-refractivity contribution < 1.29 is 14.0 Å². The lowest BCUT2D eigenvalue weighted by molar-refractivity contribution is -0.123. The molecule has 2 aromatic heterocycles. The third-order valence-corrected chi connectivity index (χ3v) is 4.14. The van der Waals surface area contributed by atoms with E-state index in [4.69, 9.17) is 0 Å². The van der Waals surface area contributed by atoms with Gasteiger partial charge in [-0.1, -0.05) is 13.8 Å². The van der Waals surface area contributed by atoms with Crippen molar-refractivity contribution in [3.05, 3.63) is 66.4 Å². The molecule has 0 saturated heterocycles. The molecule has 2 heterocycles. The fourth-order valence-electron chi connectivity index (χ4n) is 2.66. The number of aromatic nitrogens is 3. The van der Waals surface area contributed by atoms with Crippen LogP contribution in [-0.2, 0) is 4.79 Å². The fraction of sp³-hybridized carbons (Fsp3) is 0.250. The van der Waals surface area contributed by atoms with Gasteiger partial charge in [-0.05, 0) is 36.4 Å². The molecular formula is C20H22FN5O2. The van der Waals surface area contributed by atoms with Crippen molar-refractivity contribution in [2.24, 2.45) is 5.92 Å². The average Bonchev–Trinajstić information content (AvgIpc) is 3.34. The average molecular weight is 383 g/mol. The van der Waals surface area contributed by atoms with Crippen molar-refractivity contribution in [3.63, 3.8) is 0 Å². The summed E-state index contributed by atoms with van der Waals surface area (Å²) in [6.07, 6.45) is 5.08. The Morgan fingerprint density at radius 2 is 1.71 bits per heavy atom. The molecule has 0 fully saturated rings. The number of amides is 2. The van der Waals surface area contributed by atoms with Crippen LogP contribution in [0.25, 0.3) is 11.5 Å². The van der Waals surface area contributed by atoms with E-state index in [-0.39, 0.29) is 23.5 Å². The monoisotopic (exact) mass is 383 g/mol. The first-order valence-electron chi connectivity index (χ1n) is 9.00. The van der Waals surface area contributed by atoms with Crippen molar-refractivity contribution >= 4 is 11.8 Å². The van der Waals surface area contributed by atoms with Gasteiger partial charge in [-0.3, -0.25) is 9.59 Å². The third kappa shape index (κ3) is 4.28. The lowest BCUT2D eigenvalue weighted by Crippen LogP contribution is -2.36. The van der Waals surface area contributed by atoms with Crippen LogP contribution in [0, 0.1) is 11.7 Å². The van der Waals surface area contributed by atoms with E-state index in [0.717, 1.165) is 0 Å². The van der Waals surface area contributed by atoms with E-state index < -0.39 is 0 Å². The van der Waals surface area contributed by atoms with Gasteiger partial charge in [0.05, 0.1) is 11.9 Å². The standard InChI is InChI=1S/C20H22FN5O2/c1-14(2)18(27)22-9-10-23-19(28)17-13-24-26(16-7-5-15(21)6-8-16)20(17)25-11-3-4-12-25/h3-8,11-14H,9-10H2,1-2H3,(H,22,27)(H,23,28). The zero-order chi connectivity index (χ0) is 20.1. The minimum atomic E-state index is -0.347. The lowest BCUT2D eigenvalue weighted by atomic mass is 10.2. The molecule has 3 rings (SSSR count). The maximum Gasteiger partial charge on any atom is 0.256 e. The molecule has 3 aromatic rings. The second-order valence-corrected chi connectivity index (χ2v) is 6.56. The largest absolute Gasteiger partial charge is 0.354 e. The topological polar surface area (TPSA) is 81.0 Å². The second kappa shape index (κ2) is 8.51. The van der Waals surface area contributed by atoms with Gasteiger partial charge in [-0.2, -0.15) is 5.10 Å². The van der Waals surface area contributed by atoms with Gasteiger partial charge in [-0.15, -0.1) is 0 Å². The number of rotatable bonds is 7. The fourth-order valence-corrected chi connectivity index (χ4v) is 2.66. The number of carbonyl (C=O) groups is 2. The van der Waals surface area contributed by atoms with Crippen molar-refractivity contribution in [3.8, 4) is 11.5 Å². The molecule has 0 unspecified atom stereocenters. The highest BCUT2D eigenvalue weighted by molar-refractivity contribution is 5.97. The van der Waals surface area contributed by atoms with Gasteiger partial charge >= 0.3 is 0 Å². The Hall–Kier alpha value is -3.42. The summed E-state index contributed by atoms with van der Waals surface area (Å²) >= 11 is 0. The molecule has 2 N–H and O–H groups in total. The molecule has 7 nitrogen and oxygen atoms in total. The van der Waals surface area contributed by atoms with Gasteiger partial charge in [-0.25, -0.2) is 9.07 Å². The Balaban J connectivity index is 1.80. The van der Waals surface area contributed by atoms with Gasteiger partial charge in [0.15, 0.2) is 5.82 Å². The molecule has 1 aromatic carbocycles. The predicted molar refractivity (Wildman–Crippen MR) is 103 cm³/mol. The van der Waals surface area contributed by atoms with Crippen LogP contribution in [0.15, 0.2) is 55.0 Å². The first-order valence-corrected chi connectivity index (χ1v) is 9.00. The first kappa shape index (κ1) is 19.3. The van der Waals surface area contributed by atoms with Crippen molar-refractivity contribution in [2.75, 3.05) is 13.1 Å². The van der Waals surface area contributed by atoms with Crippen LogP contribution in [-0.4, -0.2) is 39.3 Å². The predicted octanol–water partition coefficient (Wildman–Crippen LogP) is 2.30. The Kier molecular flexibility index (Phi) is 5.88. The van der Waals surface area contributed by atoms with Crippen LogP contribution in [0.3, 0.4) is 0 Å². The summed E-state index contributed by atoms with van der Waals surface area (Å²) in [7, 11) is 0. The molecule has 0 radical (unpaired) electrons. The van der Waals surface area contributed by atoms with E-state index in [2.05, 4.69) is 15.7 Å². The maximum absolute atomic E-state index is 13.3. The lowest BCUT2D eigenvalue weighted by Gasteiger charge is -2.12. The minimum absolute atomic E-state index is 0.0635. The van der Waals surface area contributed by atoms with E-state index in [1.54, 1.807) is 47.6 Å². The van der Waals surface area contributed by atoms with Crippen molar-refractivity contribution in [1.29, 1.82) is 0 Å². The number of nitrogens with one attached hydrogen (secondary N) is 2. The number of carbonyl (C=O) groups excluding carboxylic acids is 2. The van der Waals surface area contributed by atoms with Crippen LogP contribution in [0.4, 0.5) is 4.39 Å². The van der Waals surface area contributed by atoms with Gasteiger partial charge < -0.3 is 15.2 Å². The van der Waals surface area contributed by atoms with Crippen LogP contribution < -0.4 is 10.6 Å². The summed E-state index contributed by atoms with van der Waals surface area (Å²) in [5.41, 5.74) is 1.00. The summed E-state index contributed by atoms with van der Waals surface area (Å²) < 4.78 is 16.6. The van der Waals surface area contributed by atoms with Gasteiger partial charge in [0.2, 0.25) is 5.91 Å². The van der Waals surface area contributed by atoms with Gasteiger partial charge in [0.1, 0.15) is 11.4 Å². The van der Waals surface area contributed by atoms with Crippen LogP contribution in [0.1, 0.15) is 24.2 Å². The molecule has 0 atom stereocenters. The molecule has 146 valence electrons. The highest BCUT2D eigenvalue weighted by Crippen LogP contribution is 2.20. The van der Waals surface area contributed by atoms with E-state index >= 15 is 0 Å². The van der Waals surface area contributed by atoms with E-state index in [9.17, 15) is 14.0 Å². The summed E-state index contributed by atoms with van der Waals surface area (Å²) in [5, 5.41) is 9.86. The van der Waals surface area contributed by atoms with Crippen molar-refractivity contribution in [2.45, 2.75) is 13.8 Å². The van der Waals surface area contributed by atoms with Crippen LogP contribution >= 0.6 is 0 Å². The summed E-state index contributed by atoms with van der Waals surface area (Å²) in [6, 6.07) is 9.55. The molecule has 8 heteroatoms. The normalized spacial score (nSPS) is 10.9. The molecule has 0 spiro atoms. The number of benzene rings is 1. The minimum Gasteiger partial charge on any atom is -0.354 e. The maximum atomic E-state index is 13.3. The number of hydrogen-bond acceptors (Lipinski definition) is 3. The van der Waals surface area contributed by atoms with E-state index in [0.29, 0.717) is 30.2 Å². The molecule has 0 aliphatic heterocycles. The Morgan fingerprint density at radius 1 is 1.07 bits per heavy atom. The summed E-state index contributed by atoms with van der Waals surface area (Å²) in [4.78, 5) is 24.3. The summed E-state index contributed by atoms with van der Waals surface area (Å²) in [5.74, 6) is -0.285. The molecular weight excluding hydrogens is 361 g/mol. The van der Waals surface area contributed by atoms with Gasteiger partial charge in [0.25, 0.3) is 5.91 Å². The van der Waals surface area contributed by atoms with Crippen LogP contribution in [0.2, 0.25) is 0 Å². The SMILES string of the molecule is CC(C)C(=O)NCCNC(=O)c1cnn(-c2ccc(F)cc2)c1-n1cccc1. The smallest absolute Gasteiger partial charge is 0.256 e. The number of hydrogen-bond donors (Lipinski definition) is 2. The quantitative estimate of drug-likeness (QED) is 0.615. The molecule has 0 aliphatic rings. The molecule has 0 aliphatic carbocycles. The third-order valence-electron chi connectivity index (χ3n) is 4.14. The molecule has 0 saturated carbocycles. The zero-order valence-corrected chi connectivity index (χ0v) is 15.7. The van der Waals surface area contributed by atoms with Crippen LogP contribution in [0.5, 0.6) is 0 Å². The molecule has 2 amide bonds. The van der Waals surface area contributed by atoms with Crippen molar-refractivity contribution in [1.82, 2.24) is 25.0 Å². The number of halogens is 1. The first-order chi connectivity index (χ1) is 13.5. The van der Waals surface area contributed by atoms with E-state index in [1.807, 2.05) is 12.1 Å².